The number of carbonyl (C=O) groups excluding carboxylic acids is 2. The molecule has 4 rings (SSSR count). The Hall–Kier alpha value is -3.67. The van der Waals surface area contributed by atoms with Crippen LogP contribution in [0, 0.1) is 0 Å². The molecule has 4 heterocycles. The predicted octanol–water partition coefficient (Wildman–Crippen LogP) is 3.05. The standard InChI is InChI=1S/C21H19ClF3N7O2.2H2/c1-2-17(33)31-5-6-32(15(10-31)20(34)29-11-21(23,24)25)16-3-4-26-19(30-16)14-9-28-18-13(14)7-12(22)8-27-18;;/h2-4,7-9,15H,1,5-6,10-11H2,(H,27,28)(H,29,34);2*1H/t15-;;/m1../s1. The third-order valence-electron chi connectivity index (χ3n) is 5.31. The van der Waals surface area contributed by atoms with E-state index in [0.717, 1.165) is 6.08 Å². The maximum absolute atomic E-state index is 12.7. The molecule has 1 aliphatic rings. The number of carbonyl (C=O) groups is 2. The van der Waals surface area contributed by atoms with Crippen molar-refractivity contribution >= 4 is 40.3 Å². The van der Waals surface area contributed by atoms with Gasteiger partial charge < -0.3 is 20.1 Å². The third-order valence-corrected chi connectivity index (χ3v) is 5.51. The summed E-state index contributed by atoms with van der Waals surface area (Å²) >= 11 is 6.07. The maximum Gasteiger partial charge on any atom is 0.405 e. The number of aromatic nitrogens is 4. The number of rotatable bonds is 5. The number of H-pyrrole nitrogens is 1. The smallest absolute Gasteiger partial charge is 0.345 e. The quantitative estimate of drug-likeness (QED) is 0.525. The first-order chi connectivity index (χ1) is 16.2. The minimum absolute atomic E-state index is 0. The van der Waals surface area contributed by atoms with Crippen LogP contribution in [0.2, 0.25) is 5.02 Å². The number of fused-ring (bicyclic) bond motifs is 1. The normalized spacial score (nSPS) is 16.5. The van der Waals surface area contributed by atoms with Gasteiger partial charge in [-0.3, -0.25) is 9.59 Å². The first-order valence-corrected chi connectivity index (χ1v) is 10.5. The molecule has 3 aromatic rings. The SMILES string of the molecule is C=CC(=O)N1CCN(c2ccnc(-c3c[nH]c4ncc(Cl)cc34)n2)[C@@H](C(=O)NCC(F)(F)F)C1.[HH].[HH]. The molecule has 2 amide bonds. The summed E-state index contributed by atoms with van der Waals surface area (Å²) in [6.07, 6.45) is 1.18. The van der Waals surface area contributed by atoms with Crippen molar-refractivity contribution in [2.45, 2.75) is 12.2 Å². The summed E-state index contributed by atoms with van der Waals surface area (Å²) in [7, 11) is 0. The summed E-state index contributed by atoms with van der Waals surface area (Å²) in [5.74, 6) is -0.652. The van der Waals surface area contributed by atoms with E-state index in [-0.39, 0.29) is 22.5 Å². The highest BCUT2D eigenvalue weighted by Gasteiger charge is 2.37. The van der Waals surface area contributed by atoms with E-state index in [9.17, 15) is 22.8 Å². The summed E-state index contributed by atoms with van der Waals surface area (Å²) in [4.78, 5) is 43.8. The van der Waals surface area contributed by atoms with Crippen LogP contribution in [0.4, 0.5) is 19.0 Å². The van der Waals surface area contributed by atoms with Crippen molar-refractivity contribution in [2.24, 2.45) is 0 Å². The van der Waals surface area contributed by atoms with Gasteiger partial charge in [-0.05, 0) is 18.2 Å². The molecule has 0 bridgehead atoms. The van der Waals surface area contributed by atoms with Crippen molar-refractivity contribution in [3.05, 3.63) is 48.4 Å². The molecular formula is C21H23ClF3N7O2. The lowest BCUT2D eigenvalue weighted by molar-refractivity contribution is -0.140. The van der Waals surface area contributed by atoms with E-state index in [2.05, 4.69) is 26.5 Å². The largest absolute Gasteiger partial charge is 0.405 e. The zero-order valence-corrected chi connectivity index (χ0v) is 18.4. The molecule has 13 heteroatoms. The number of amides is 2. The first kappa shape index (κ1) is 23.5. The number of nitrogens with one attached hydrogen (secondary N) is 2. The number of piperazine rings is 1. The Bertz CT molecular complexity index is 1260. The van der Waals surface area contributed by atoms with E-state index < -0.39 is 30.6 Å². The van der Waals surface area contributed by atoms with Gasteiger partial charge in [-0.1, -0.05) is 18.2 Å². The summed E-state index contributed by atoms with van der Waals surface area (Å²) in [5, 5.41) is 3.01. The summed E-state index contributed by atoms with van der Waals surface area (Å²) in [6.45, 7) is 2.23. The molecule has 2 N–H and O–H groups in total. The van der Waals surface area contributed by atoms with Gasteiger partial charge in [0, 0.05) is 45.5 Å². The van der Waals surface area contributed by atoms with Crippen molar-refractivity contribution in [1.29, 1.82) is 0 Å². The molecule has 182 valence electrons. The Morgan fingerprint density at radius 3 is 2.88 bits per heavy atom. The lowest BCUT2D eigenvalue weighted by atomic mass is 10.1. The molecule has 0 saturated carbocycles. The van der Waals surface area contributed by atoms with Crippen molar-refractivity contribution in [3.63, 3.8) is 0 Å². The highest BCUT2D eigenvalue weighted by atomic mass is 35.5. The van der Waals surface area contributed by atoms with Gasteiger partial charge in [-0.2, -0.15) is 13.2 Å². The fourth-order valence-corrected chi connectivity index (χ4v) is 3.88. The molecule has 1 fully saturated rings. The second-order valence-corrected chi connectivity index (χ2v) is 7.96. The van der Waals surface area contributed by atoms with Gasteiger partial charge in [-0.15, -0.1) is 0 Å². The van der Waals surface area contributed by atoms with Gasteiger partial charge in [0.25, 0.3) is 0 Å². The second kappa shape index (κ2) is 9.29. The van der Waals surface area contributed by atoms with Crippen LogP contribution in [0.15, 0.2) is 43.4 Å². The molecule has 9 nitrogen and oxygen atoms in total. The highest BCUT2D eigenvalue weighted by molar-refractivity contribution is 6.31. The molecule has 3 aromatic heterocycles. The molecule has 0 unspecified atom stereocenters. The number of hydrogen-bond acceptors (Lipinski definition) is 6. The first-order valence-electron chi connectivity index (χ1n) is 10.1. The fourth-order valence-electron chi connectivity index (χ4n) is 3.72. The van der Waals surface area contributed by atoms with E-state index in [4.69, 9.17) is 11.6 Å². The van der Waals surface area contributed by atoms with Gasteiger partial charge in [0.15, 0.2) is 5.82 Å². The van der Waals surface area contributed by atoms with Crippen molar-refractivity contribution < 1.29 is 25.6 Å². The predicted molar refractivity (Wildman–Crippen MR) is 123 cm³/mol. The van der Waals surface area contributed by atoms with Crippen LogP contribution in [0.3, 0.4) is 0 Å². The Morgan fingerprint density at radius 1 is 1.35 bits per heavy atom. The van der Waals surface area contributed by atoms with E-state index in [1.165, 1.54) is 17.3 Å². The fraction of sp³-hybridized carbons (Fsp3) is 0.286. The van der Waals surface area contributed by atoms with Crippen LogP contribution in [0.1, 0.15) is 2.85 Å². The number of alkyl halides is 3. The monoisotopic (exact) mass is 497 g/mol. The number of halogens is 4. The van der Waals surface area contributed by atoms with Gasteiger partial charge >= 0.3 is 6.18 Å². The average molecular weight is 498 g/mol. The number of hydrogen-bond donors (Lipinski definition) is 2. The number of aromatic amines is 1. The molecule has 1 atom stereocenters. The van der Waals surface area contributed by atoms with Crippen LogP contribution in [0.25, 0.3) is 22.4 Å². The van der Waals surface area contributed by atoms with E-state index in [0.29, 0.717) is 33.3 Å². The minimum atomic E-state index is -4.57. The van der Waals surface area contributed by atoms with Crippen LogP contribution in [0.5, 0.6) is 0 Å². The van der Waals surface area contributed by atoms with Gasteiger partial charge in [0.05, 0.1) is 11.6 Å². The van der Waals surface area contributed by atoms with Crippen molar-refractivity contribution in [2.75, 3.05) is 31.1 Å². The van der Waals surface area contributed by atoms with Crippen molar-refractivity contribution in [1.82, 2.24) is 30.2 Å². The zero-order chi connectivity index (χ0) is 24.5. The molecule has 34 heavy (non-hydrogen) atoms. The average Bonchev–Trinajstić information content (AvgIpc) is 3.24. The third kappa shape index (κ3) is 4.96. The zero-order valence-electron chi connectivity index (χ0n) is 17.6. The van der Waals surface area contributed by atoms with E-state index in [1.807, 2.05) is 5.32 Å². The number of nitrogens with zero attached hydrogens (tertiary/aromatic N) is 5. The maximum atomic E-state index is 12.7. The second-order valence-electron chi connectivity index (χ2n) is 7.52. The Labute approximate surface area is 199 Å². The molecular weight excluding hydrogens is 475 g/mol. The molecule has 0 radical (unpaired) electrons. The van der Waals surface area contributed by atoms with Gasteiger partial charge in [0.1, 0.15) is 24.1 Å². The summed E-state index contributed by atoms with van der Waals surface area (Å²) in [5.41, 5.74) is 1.19. The van der Waals surface area contributed by atoms with E-state index in [1.54, 1.807) is 23.2 Å². The van der Waals surface area contributed by atoms with Gasteiger partial charge in [-0.25, -0.2) is 15.0 Å². The number of pyridine rings is 1. The summed E-state index contributed by atoms with van der Waals surface area (Å²) in [6, 6.07) is 2.17. The lowest BCUT2D eigenvalue weighted by Gasteiger charge is -2.40. The summed E-state index contributed by atoms with van der Waals surface area (Å²) < 4.78 is 38.1. The lowest BCUT2D eigenvalue weighted by Crippen LogP contribution is -2.61. The van der Waals surface area contributed by atoms with Crippen molar-refractivity contribution in [3.8, 4) is 11.4 Å². The minimum Gasteiger partial charge on any atom is -0.345 e. The van der Waals surface area contributed by atoms with Crippen LogP contribution in [-0.4, -0.2) is 75.0 Å². The Morgan fingerprint density at radius 2 is 2.15 bits per heavy atom. The molecule has 0 spiro atoms. The highest BCUT2D eigenvalue weighted by Crippen LogP contribution is 2.29. The number of anilines is 1. The molecule has 1 aliphatic heterocycles. The van der Waals surface area contributed by atoms with Crippen LogP contribution >= 0.6 is 11.6 Å². The Balaban J connectivity index is 0.00000228. The molecule has 0 aliphatic carbocycles. The molecule has 1 saturated heterocycles. The van der Waals surface area contributed by atoms with Crippen LogP contribution < -0.4 is 10.2 Å². The topological polar surface area (TPSA) is 107 Å². The van der Waals surface area contributed by atoms with Gasteiger partial charge in [0.2, 0.25) is 11.8 Å². The van der Waals surface area contributed by atoms with E-state index >= 15 is 0 Å². The Kier molecular flexibility index (Phi) is 6.42. The van der Waals surface area contributed by atoms with Crippen LogP contribution in [-0.2, 0) is 9.59 Å². The molecule has 0 aromatic carbocycles.